The van der Waals surface area contributed by atoms with E-state index in [0.29, 0.717) is 0 Å². The monoisotopic (exact) mass is 778 g/mol. The van der Waals surface area contributed by atoms with E-state index in [0.717, 1.165) is 6.42 Å². The molecule has 8 rings (SSSR count). The van der Waals surface area contributed by atoms with Crippen molar-refractivity contribution in [1.82, 2.24) is 0 Å². The van der Waals surface area contributed by atoms with Crippen molar-refractivity contribution in [1.29, 1.82) is 0 Å². The van der Waals surface area contributed by atoms with Crippen LogP contribution in [-0.2, 0) is 20.0 Å². The first kappa shape index (κ1) is 42.6. The molecule has 0 N–H and O–H groups in total. The van der Waals surface area contributed by atoms with Gasteiger partial charge in [-0.15, -0.1) is 46.2 Å². The third-order valence-corrected chi connectivity index (χ3v) is 10.8. The summed E-state index contributed by atoms with van der Waals surface area (Å²) in [5.74, 6) is 0. The Labute approximate surface area is 347 Å². The maximum absolute atomic E-state index is 2.99. The van der Waals surface area contributed by atoms with E-state index in [9.17, 15) is 0 Å². The average Bonchev–Trinajstić information content (AvgIpc) is 3.81. The van der Waals surface area contributed by atoms with E-state index in [4.69, 9.17) is 0 Å². The van der Waals surface area contributed by atoms with E-state index in [1.807, 2.05) is 12.2 Å². The molecule has 0 saturated heterocycles. The SMILES string of the molecule is Cc1cc(C)c(-c2ccc3[cH-]c4ccc(-c5c(C)cc(C)cc5C)cc4c3c2)c(C)c1.Cc1ccc([C](=[Ti+2])c2ccc(C)cc2)cc1.[C-]1=CC=CC1.[Cl-].[Cl-]. The minimum absolute atomic E-state index is 0. The summed E-state index contributed by atoms with van der Waals surface area (Å²) in [6.45, 7) is 17.5. The van der Waals surface area contributed by atoms with Crippen LogP contribution < -0.4 is 24.8 Å². The number of allylic oxidation sites excluding steroid dienone is 4. The molecular formula is C51H48Cl2Ti-2. The molecule has 0 heterocycles. The summed E-state index contributed by atoms with van der Waals surface area (Å²) in [6.07, 6.45) is 10.0. The Morgan fingerprint density at radius 3 is 1.20 bits per heavy atom. The predicted molar refractivity (Wildman–Crippen MR) is 223 cm³/mol. The minimum atomic E-state index is 0. The van der Waals surface area contributed by atoms with Crippen LogP contribution in [0.25, 0.3) is 43.8 Å². The Kier molecular flexibility index (Phi) is 14.9. The van der Waals surface area contributed by atoms with Crippen molar-refractivity contribution in [3.63, 3.8) is 0 Å². The van der Waals surface area contributed by atoms with Gasteiger partial charge in [0.1, 0.15) is 0 Å². The second-order valence-electron chi connectivity index (χ2n) is 14.4. The van der Waals surface area contributed by atoms with E-state index in [1.54, 1.807) is 0 Å². The number of halogens is 2. The Balaban J connectivity index is 0.000000236. The fraction of sp³-hybridized carbons (Fsp3) is 0.176. The Morgan fingerprint density at radius 1 is 0.500 bits per heavy atom. The minimum Gasteiger partial charge on any atom is -1.00 e. The molecule has 0 spiro atoms. The average molecular weight is 780 g/mol. The van der Waals surface area contributed by atoms with Crippen molar-refractivity contribution in [2.75, 3.05) is 0 Å². The molecule has 0 aliphatic heterocycles. The van der Waals surface area contributed by atoms with Crippen LogP contribution in [0.15, 0.2) is 133 Å². The van der Waals surface area contributed by atoms with Crippen LogP contribution in [0.3, 0.4) is 0 Å². The second kappa shape index (κ2) is 18.9. The van der Waals surface area contributed by atoms with Gasteiger partial charge in [0.05, 0.1) is 0 Å². The summed E-state index contributed by atoms with van der Waals surface area (Å²) >= 11 is 2.18. The van der Waals surface area contributed by atoms with E-state index in [2.05, 4.69) is 203 Å². The zero-order valence-electron chi connectivity index (χ0n) is 32.7. The quantitative estimate of drug-likeness (QED) is 0.128. The van der Waals surface area contributed by atoms with Crippen LogP contribution in [0.1, 0.15) is 62.1 Å². The Hall–Kier alpha value is -4.17. The van der Waals surface area contributed by atoms with Crippen LogP contribution in [0.4, 0.5) is 0 Å². The third-order valence-electron chi connectivity index (χ3n) is 9.91. The molecule has 7 aromatic rings. The summed E-state index contributed by atoms with van der Waals surface area (Å²) in [5, 5.41) is 5.32. The third kappa shape index (κ3) is 9.92. The smallest absolute Gasteiger partial charge is 0.109 e. The zero-order valence-corrected chi connectivity index (χ0v) is 35.7. The van der Waals surface area contributed by atoms with Gasteiger partial charge in [-0.05, 0) is 86.1 Å². The molecule has 7 aromatic carbocycles. The van der Waals surface area contributed by atoms with Gasteiger partial charge in [-0.2, -0.15) is 6.08 Å². The summed E-state index contributed by atoms with van der Waals surface area (Å²) in [4.78, 5) is 0. The van der Waals surface area contributed by atoms with Crippen LogP contribution in [0.2, 0.25) is 0 Å². The molecule has 0 aromatic heterocycles. The number of aryl methyl sites for hydroxylation is 8. The van der Waals surface area contributed by atoms with Crippen molar-refractivity contribution < 1.29 is 44.8 Å². The van der Waals surface area contributed by atoms with Crippen molar-refractivity contribution in [2.45, 2.75) is 61.8 Å². The van der Waals surface area contributed by atoms with Crippen LogP contribution in [-0.4, -0.2) is 3.81 Å². The molecular weight excluding hydrogens is 731 g/mol. The Morgan fingerprint density at radius 2 is 0.889 bits per heavy atom. The van der Waals surface area contributed by atoms with Gasteiger partial charge < -0.3 is 24.8 Å². The van der Waals surface area contributed by atoms with Crippen molar-refractivity contribution in [2.24, 2.45) is 0 Å². The molecule has 54 heavy (non-hydrogen) atoms. The van der Waals surface area contributed by atoms with Gasteiger partial charge in [0.2, 0.25) is 0 Å². The molecule has 0 nitrogen and oxygen atoms in total. The first-order chi connectivity index (χ1) is 25.0. The predicted octanol–water partition coefficient (Wildman–Crippen LogP) is 7.63. The summed E-state index contributed by atoms with van der Waals surface area (Å²) in [7, 11) is 0. The number of fused-ring (bicyclic) bond motifs is 3. The van der Waals surface area contributed by atoms with Gasteiger partial charge >= 0.3 is 108 Å². The number of hydrogen-bond acceptors (Lipinski definition) is 0. The fourth-order valence-corrected chi connectivity index (χ4v) is 8.05. The molecule has 0 unspecified atom stereocenters. The normalized spacial score (nSPS) is 11.3. The van der Waals surface area contributed by atoms with Gasteiger partial charge in [-0.25, -0.2) is 12.2 Å². The Bertz CT molecular complexity index is 2240. The molecule has 0 fully saturated rings. The van der Waals surface area contributed by atoms with Gasteiger partial charge in [-0.1, -0.05) is 59.7 Å². The van der Waals surface area contributed by atoms with Crippen LogP contribution in [0.5, 0.6) is 0 Å². The van der Waals surface area contributed by atoms with E-state index in [1.165, 1.54) is 103 Å². The first-order valence-electron chi connectivity index (χ1n) is 18.2. The van der Waals surface area contributed by atoms with Gasteiger partial charge in [0.25, 0.3) is 0 Å². The van der Waals surface area contributed by atoms with E-state index in [-0.39, 0.29) is 24.8 Å². The van der Waals surface area contributed by atoms with Crippen LogP contribution in [0, 0.1) is 61.5 Å². The van der Waals surface area contributed by atoms with Gasteiger partial charge in [0, 0.05) is 0 Å². The van der Waals surface area contributed by atoms with E-state index >= 15 is 0 Å². The van der Waals surface area contributed by atoms with Crippen molar-refractivity contribution in [3.8, 4) is 22.3 Å². The van der Waals surface area contributed by atoms with Crippen LogP contribution >= 0.6 is 0 Å². The summed E-state index contributed by atoms with van der Waals surface area (Å²) in [6, 6.07) is 42.8. The van der Waals surface area contributed by atoms with Crippen molar-refractivity contribution >= 4 is 25.4 Å². The first-order valence-corrected chi connectivity index (χ1v) is 19.0. The number of benzene rings is 6. The number of rotatable bonds is 4. The molecule has 272 valence electrons. The molecule has 0 atom stereocenters. The molecule has 0 saturated carbocycles. The molecule has 1 aliphatic carbocycles. The molecule has 0 amide bonds. The maximum atomic E-state index is 2.99. The van der Waals surface area contributed by atoms with Gasteiger partial charge in [-0.3, -0.25) is 6.08 Å². The van der Waals surface area contributed by atoms with Crippen molar-refractivity contribution in [3.05, 3.63) is 195 Å². The van der Waals surface area contributed by atoms with E-state index < -0.39 is 0 Å². The number of hydrogen-bond donors (Lipinski definition) is 0. The molecule has 0 bridgehead atoms. The fourth-order valence-electron chi connectivity index (χ4n) is 7.53. The molecule has 1 aliphatic rings. The zero-order chi connectivity index (χ0) is 36.9. The maximum Gasteiger partial charge on any atom is -0.109 e. The second-order valence-corrected chi connectivity index (χ2v) is 15.2. The standard InChI is InChI=1S/C31H29.C15H14.C5H5.2ClH.Ti/c1-18-11-20(3)30(21(4)12-18)26-9-7-24-15-25-8-10-27(17-29(25)28(24)16-26)31-22(5)13-19(2)14-23(31)6;1-12-3-7-14(8-4-12)11-15-9-5-13(2)6-10-15;1-2-4-5-3-1;;;/h7-17H,1-6H3;3-10H,1-2H3;1-3H,4H2;2*1H;/q-1;;-1;;;+2/p-2. The summed E-state index contributed by atoms with van der Waals surface area (Å²) < 4.78 is 1.33. The largest absolute Gasteiger partial charge is 1.00 e. The molecule has 3 heteroatoms. The topological polar surface area (TPSA) is 0 Å². The molecule has 0 radical (unpaired) electrons. The van der Waals surface area contributed by atoms with Gasteiger partial charge in [0.15, 0.2) is 0 Å². The summed E-state index contributed by atoms with van der Waals surface area (Å²) in [5.41, 5.74) is 18.6.